The van der Waals surface area contributed by atoms with Crippen molar-refractivity contribution in [1.82, 2.24) is 14.9 Å². The monoisotopic (exact) mass is 353 g/mol. The predicted octanol–water partition coefficient (Wildman–Crippen LogP) is 3.01. The molecule has 0 spiro atoms. The molecule has 0 aliphatic heterocycles. The second-order valence-corrected chi connectivity index (χ2v) is 6.22. The Hall–Kier alpha value is -3.02. The van der Waals surface area contributed by atoms with Gasteiger partial charge in [-0.1, -0.05) is 6.07 Å². The number of methoxy groups -OCH3 is 2. The van der Waals surface area contributed by atoms with Crippen molar-refractivity contribution in [2.45, 2.75) is 19.4 Å². The number of aryl methyl sites for hydroxylation is 1. The summed E-state index contributed by atoms with van der Waals surface area (Å²) in [6.07, 6.45) is 4.02. The molecule has 0 fully saturated rings. The van der Waals surface area contributed by atoms with Crippen LogP contribution in [0.1, 0.15) is 24.1 Å². The second-order valence-electron chi connectivity index (χ2n) is 6.22. The highest BCUT2D eigenvalue weighted by Crippen LogP contribution is 2.30. The van der Waals surface area contributed by atoms with Crippen LogP contribution in [0.5, 0.6) is 11.5 Å². The molecule has 0 saturated heterocycles. The third kappa shape index (κ3) is 3.49. The lowest BCUT2D eigenvalue weighted by Crippen LogP contribution is -2.28. The summed E-state index contributed by atoms with van der Waals surface area (Å²) >= 11 is 0. The summed E-state index contributed by atoms with van der Waals surface area (Å²) in [6.45, 7) is 1.95. The van der Waals surface area contributed by atoms with Crippen molar-refractivity contribution in [3.05, 3.63) is 53.9 Å². The van der Waals surface area contributed by atoms with Crippen LogP contribution < -0.4 is 14.8 Å². The Labute approximate surface area is 152 Å². The van der Waals surface area contributed by atoms with Crippen molar-refractivity contribution in [2.75, 3.05) is 14.2 Å². The number of fused-ring (bicyclic) bond motifs is 1. The number of hydrogen-bond acceptors (Lipinski definition) is 4. The molecule has 0 aliphatic rings. The van der Waals surface area contributed by atoms with Gasteiger partial charge in [0.1, 0.15) is 5.65 Å². The Bertz CT molecular complexity index is 933. The molecule has 2 aromatic heterocycles. The van der Waals surface area contributed by atoms with E-state index in [1.807, 2.05) is 55.1 Å². The molecule has 3 rings (SSSR count). The number of hydrogen-bond donors (Lipinski definition) is 1. The van der Waals surface area contributed by atoms with Gasteiger partial charge in [0, 0.05) is 24.8 Å². The molecule has 0 aliphatic carbocycles. The number of aromatic nitrogens is 2. The summed E-state index contributed by atoms with van der Waals surface area (Å²) in [4.78, 5) is 16.9. The van der Waals surface area contributed by atoms with E-state index in [1.54, 1.807) is 20.4 Å². The molecule has 1 aromatic carbocycles. The first-order valence-electron chi connectivity index (χ1n) is 8.43. The van der Waals surface area contributed by atoms with E-state index in [-0.39, 0.29) is 11.9 Å². The van der Waals surface area contributed by atoms with Crippen molar-refractivity contribution in [3.8, 4) is 11.5 Å². The van der Waals surface area contributed by atoms with Gasteiger partial charge in [-0.2, -0.15) is 0 Å². The maximum absolute atomic E-state index is 12.5. The fourth-order valence-corrected chi connectivity index (χ4v) is 3.10. The maximum atomic E-state index is 12.5. The lowest BCUT2D eigenvalue weighted by atomic mass is 10.1. The standard InChI is InChI=1S/C20H23N3O3/c1-13(14-7-8-17(25-3)18(10-14)26-4)22-19(24)11-15-12-23(2)20-16(15)6-5-9-21-20/h5-10,12-13H,11H2,1-4H3,(H,22,24)/t13-/m1/s1. The minimum absolute atomic E-state index is 0.0383. The van der Waals surface area contributed by atoms with Gasteiger partial charge in [-0.25, -0.2) is 4.98 Å². The molecule has 3 aromatic rings. The molecular formula is C20H23N3O3. The van der Waals surface area contributed by atoms with Gasteiger partial charge in [0.25, 0.3) is 0 Å². The number of ether oxygens (including phenoxy) is 2. The Balaban J connectivity index is 1.73. The van der Waals surface area contributed by atoms with Gasteiger partial charge in [-0.15, -0.1) is 0 Å². The van der Waals surface area contributed by atoms with Gasteiger partial charge in [-0.3, -0.25) is 4.79 Å². The van der Waals surface area contributed by atoms with Crippen LogP contribution in [0.2, 0.25) is 0 Å². The second kappa shape index (κ2) is 7.47. The van der Waals surface area contributed by atoms with Crippen LogP contribution in [0, 0.1) is 0 Å². The highest BCUT2D eigenvalue weighted by Gasteiger charge is 2.15. The predicted molar refractivity (Wildman–Crippen MR) is 101 cm³/mol. The number of amides is 1. The summed E-state index contributed by atoms with van der Waals surface area (Å²) in [5.74, 6) is 1.27. The zero-order chi connectivity index (χ0) is 18.7. The van der Waals surface area contributed by atoms with Crippen molar-refractivity contribution < 1.29 is 14.3 Å². The third-order valence-electron chi connectivity index (χ3n) is 4.45. The number of rotatable bonds is 6. The molecule has 0 radical (unpaired) electrons. The zero-order valence-electron chi connectivity index (χ0n) is 15.4. The van der Waals surface area contributed by atoms with Crippen molar-refractivity contribution in [3.63, 3.8) is 0 Å². The van der Waals surface area contributed by atoms with Gasteiger partial charge >= 0.3 is 0 Å². The first kappa shape index (κ1) is 17.8. The maximum Gasteiger partial charge on any atom is 0.224 e. The van der Waals surface area contributed by atoms with Crippen LogP contribution in [-0.2, 0) is 18.3 Å². The van der Waals surface area contributed by atoms with E-state index in [0.717, 1.165) is 22.2 Å². The minimum Gasteiger partial charge on any atom is -0.493 e. The fraction of sp³-hybridized carbons (Fsp3) is 0.300. The quantitative estimate of drug-likeness (QED) is 0.740. The smallest absolute Gasteiger partial charge is 0.224 e. The molecular weight excluding hydrogens is 330 g/mol. The molecule has 2 heterocycles. The van der Waals surface area contributed by atoms with Gasteiger partial charge < -0.3 is 19.4 Å². The number of nitrogens with zero attached hydrogens (tertiary/aromatic N) is 2. The number of carbonyl (C=O) groups excluding carboxylic acids is 1. The third-order valence-corrected chi connectivity index (χ3v) is 4.45. The normalized spacial score (nSPS) is 12.0. The highest BCUT2D eigenvalue weighted by molar-refractivity contribution is 5.87. The number of pyridine rings is 1. The topological polar surface area (TPSA) is 65.4 Å². The van der Waals surface area contributed by atoms with Crippen LogP contribution in [0.15, 0.2) is 42.7 Å². The molecule has 6 nitrogen and oxygen atoms in total. The first-order chi connectivity index (χ1) is 12.5. The molecule has 0 bridgehead atoms. The van der Waals surface area contributed by atoms with Crippen LogP contribution >= 0.6 is 0 Å². The molecule has 1 amide bonds. The zero-order valence-corrected chi connectivity index (χ0v) is 15.4. The van der Waals surface area contributed by atoms with Gasteiger partial charge in [-0.05, 0) is 42.3 Å². The Morgan fingerprint density at radius 2 is 2.00 bits per heavy atom. The summed E-state index contributed by atoms with van der Waals surface area (Å²) in [6, 6.07) is 9.38. The molecule has 1 atom stereocenters. The van der Waals surface area contributed by atoms with Gasteiger partial charge in [0.2, 0.25) is 5.91 Å². The molecule has 0 unspecified atom stereocenters. The Morgan fingerprint density at radius 3 is 2.73 bits per heavy atom. The number of nitrogens with one attached hydrogen (secondary N) is 1. The van der Waals surface area contributed by atoms with Crippen molar-refractivity contribution in [2.24, 2.45) is 7.05 Å². The van der Waals surface area contributed by atoms with E-state index in [9.17, 15) is 4.79 Å². The first-order valence-corrected chi connectivity index (χ1v) is 8.43. The van der Waals surface area contributed by atoms with E-state index in [2.05, 4.69) is 10.3 Å². The van der Waals surface area contributed by atoms with Gasteiger partial charge in [0.15, 0.2) is 11.5 Å². The summed E-state index contributed by atoms with van der Waals surface area (Å²) in [5.41, 5.74) is 2.80. The van der Waals surface area contributed by atoms with Crippen molar-refractivity contribution >= 4 is 16.9 Å². The molecule has 136 valence electrons. The van der Waals surface area contributed by atoms with E-state index >= 15 is 0 Å². The van der Waals surface area contributed by atoms with Crippen LogP contribution in [-0.4, -0.2) is 29.7 Å². The van der Waals surface area contributed by atoms with Crippen LogP contribution in [0.3, 0.4) is 0 Å². The summed E-state index contributed by atoms with van der Waals surface area (Å²) < 4.78 is 12.5. The molecule has 0 saturated carbocycles. The molecule has 26 heavy (non-hydrogen) atoms. The molecule has 6 heteroatoms. The van der Waals surface area contributed by atoms with E-state index in [4.69, 9.17) is 9.47 Å². The summed E-state index contributed by atoms with van der Waals surface area (Å²) in [7, 11) is 5.13. The Morgan fingerprint density at radius 1 is 1.23 bits per heavy atom. The largest absolute Gasteiger partial charge is 0.493 e. The average Bonchev–Trinajstić information content (AvgIpc) is 2.96. The lowest BCUT2D eigenvalue weighted by molar-refractivity contribution is -0.121. The van der Waals surface area contributed by atoms with E-state index in [0.29, 0.717) is 17.9 Å². The Kier molecular flexibility index (Phi) is 5.11. The lowest BCUT2D eigenvalue weighted by Gasteiger charge is -2.16. The van der Waals surface area contributed by atoms with Crippen LogP contribution in [0.4, 0.5) is 0 Å². The summed E-state index contributed by atoms with van der Waals surface area (Å²) in [5, 5.41) is 4.05. The number of benzene rings is 1. The van der Waals surface area contributed by atoms with Gasteiger partial charge in [0.05, 0.1) is 26.7 Å². The van der Waals surface area contributed by atoms with E-state index in [1.165, 1.54) is 0 Å². The number of carbonyl (C=O) groups is 1. The van der Waals surface area contributed by atoms with Crippen molar-refractivity contribution in [1.29, 1.82) is 0 Å². The SMILES string of the molecule is COc1ccc([C@@H](C)NC(=O)Cc2cn(C)c3ncccc23)cc1OC. The fourth-order valence-electron chi connectivity index (χ4n) is 3.10. The highest BCUT2D eigenvalue weighted by atomic mass is 16.5. The van der Waals surface area contributed by atoms with Crippen LogP contribution in [0.25, 0.3) is 11.0 Å². The van der Waals surface area contributed by atoms with E-state index < -0.39 is 0 Å². The minimum atomic E-state index is -0.143. The average molecular weight is 353 g/mol. The molecule has 1 N–H and O–H groups in total.